The molecule has 35 heavy (non-hydrogen) atoms. The Labute approximate surface area is 201 Å². The van der Waals surface area contributed by atoms with Crippen LogP contribution in [0.15, 0.2) is 60.7 Å². The number of likely N-dealkylation sites (tertiary alicyclic amines) is 1. The molecule has 3 rings (SSSR count). The first-order chi connectivity index (χ1) is 16.7. The van der Waals surface area contributed by atoms with Crippen molar-refractivity contribution in [3.63, 3.8) is 0 Å². The van der Waals surface area contributed by atoms with Gasteiger partial charge in [-0.15, -0.1) is 0 Å². The molecule has 2 aromatic carbocycles. The zero-order valence-corrected chi connectivity index (χ0v) is 19.2. The van der Waals surface area contributed by atoms with Crippen LogP contribution in [0.3, 0.4) is 0 Å². The number of rotatable bonds is 8. The highest BCUT2D eigenvalue weighted by atomic mass is 19.4. The van der Waals surface area contributed by atoms with Gasteiger partial charge in [0.05, 0.1) is 6.61 Å². The summed E-state index contributed by atoms with van der Waals surface area (Å²) >= 11 is 0. The Morgan fingerprint density at radius 2 is 1.57 bits per heavy atom. The number of nitrogens with zero attached hydrogens (tertiary/aromatic N) is 1. The molecule has 1 N–H and O–H groups in total. The number of nitrogens with one attached hydrogen (secondary N) is 1. The Hall–Kier alpha value is -3.56. The van der Waals surface area contributed by atoms with Gasteiger partial charge in [-0.25, -0.2) is 9.59 Å². The minimum Gasteiger partial charge on any atom is -0.464 e. The Kier molecular flexibility index (Phi) is 8.37. The van der Waals surface area contributed by atoms with E-state index < -0.39 is 42.1 Å². The monoisotopic (exact) mass is 492 g/mol. The molecule has 7 nitrogen and oxygen atoms in total. The number of alkyl halides is 3. The molecule has 2 atom stereocenters. The molecule has 10 heteroatoms. The maximum Gasteiger partial charge on any atom is 0.422 e. The third-order valence-electron chi connectivity index (χ3n) is 5.75. The smallest absolute Gasteiger partial charge is 0.422 e. The van der Waals surface area contributed by atoms with E-state index in [9.17, 15) is 27.6 Å². The number of hydrogen-bond donors (Lipinski definition) is 1. The molecule has 0 aliphatic carbocycles. The van der Waals surface area contributed by atoms with E-state index in [-0.39, 0.29) is 31.7 Å². The van der Waals surface area contributed by atoms with Gasteiger partial charge in [0.2, 0.25) is 11.4 Å². The fourth-order valence-electron chi connectivity index (χ4n) is 3.96. The molecule has 1 aliphatic rings. The summed E-state index contributed by atoms with van der Waals surface area (Å²) in [6, 6.07) is 15.2. The summed E-state index contributed by atoms with van der Waals surface area (Å²) in [4.78, 5) is 39.5. The quantitative estimate of drug-likeness (QED) is 0.563. The van der Waals surface area contributed by atoms with Gasteiger partial charge < -0.3 is 14.8 Å². The van der Waals surface area contributed by atoms with Crippen LogP contribution in [0.25, 0.3) is 0 Å². The van der Waals surface area contributed by atoms with Crippen LogP contribution in [-0.2, 0) is 32.1 Å². The molecule has 2 amide bonds. The first-order valence-electron chi connectivity index (χ1n) is 11.2. The van der Waals surface area contributed by atoms with Crippen LogP contribution >= 0.6 is 0 Å². The highest BCUT2D eigenvalue weighted by Crippen LogP contribution is 2.35. The van der Waals surface area contributed by atoms with Gasteiger partial charge in [-0.1, -0.05) is 60.7 Å². The highest BCUT2D eigenvalue weighted by molar-refractivity contribution is 5.93. The maximum absolute atomic E-state index is 14.4. The molecule has 188 valence electrons. The largest absolute Gasteiger partial charge is 0.464 e. The average molecular weight is 492 g/mol. The van der Waals surface area contributed by atoms with E-state index in [1.807, 2.05) is 5.32 Å². The van der Waals surface area contributed by atoms with Gasteiger partial charge in [-0.05, 0) is 30.9 Å². The summed E-state index contributed by atoms with van der Waals surface area (Å²) in [5.74, 6) is -2.71. The summed E-state index contributed by atoms with van der Waals surface area (Å²) < 4.78 is 53.3. The van der Waals surface area contributed by atoms with Gasteiger partial charge in [-0.3, -0.25) is 9.69 Å². The van der Waals surface area contributed by atoms with Crippen LogP contribution in [0.4, 0.5) is 18.0 Å². The van der Waals surface area contributed by atoms with Crippen molar-refractivity contribution < 1.29 is 37.0 Å². The SMILES string of the molecule is CCOC(=O)C(Cc1ccccc1)(NC(=O)[C@@H]1CCCN1C(=O)OCc1ccccc1)C(F)(F)F. The van der Waals surface area contributed by atoms with Crippen molar-refractivity contribution in [3.05, 3.63) is 71.8 Å². The third-order valence-corrected chi connectivity index (χ3v) is 5.75. The normalized spacial score (nSPS) is 17.4. The Balaban J connectivity index is 1.82. The molecule has 2 aromatic rings. The van der Waals surface area contributed by atoms with Crippen molar-refractivity contribution >= 4 is 18.0 Å². The standard InChI is InChI=1S/C25H27F3N2O5/c1-2-34-22(32)24(25(26,27)28,16-18-10-5-3-6-11-18)29-21(31)20-14-9-15-30(20)23(33)35-17-19-12-7-4-8-13-19/h3-8,10-13,20H,2,9,14-17H2,1H3,(H,29,31)/t20-,24?/m0/s1. The first-order valence-corrected chi connectivity index (χ1v) is 11.2. The molecule has 0 radical (unpaired) electrons. The first kappa shape index (κ1) is 26.1. The van der Waals surface area contributed by atoms with Crippen molar-refractivity contribution in [3.8, 4) is 0 Å². The Morgan fingerprint density at radius 1 is 0.971 bits per heavy atom. The second-order valence-corrected chi connectivity index (χ2v) is 8.17. The van der Waals surface area contributed by atoms with Crippen LogP contribution in [0.5, 0.6) is 0 Å². The summed E-state index contributed by atoms with van der Waals surface area (Å²) in [5.41, 5.74) is -2.41. The van der Waals surface area contributed by atoms with Crippen LogP contribution in [0, 0.1) is 0 Å². The van der Waals surface area contributed by atoms with Crippen LogP contribution in [0.2, 0.25) is 0 Å². The molecule has 1 aliphatic heterocycles. The van der Waals surface area contributed by atoms with Gasteiger partial charge in [0.1, 0.15) is 12.6 Å². The minimum absolute atomic E-state index is 0.0478. The summed E-state index contributed by atoms with van der Waals surface area (Å²) in [6.45, 7) is 1.17. The van der Waals surface area contributed by atoms with Crippen molar-refractivity contribution in [2.24, 2.45) is 0 Å². The molecule has 0 aromatic heterocycles. The van der Waals surface area contributed by atoms with Crippen LogP contribution in [-0.4, -0.2) is 53.8 Å². The van der Waals surface area contributed by atoms with Crippen molar-refractivity contribution in [2.45, 2.75) is 50.6 Å². The molecule has 1 fully saturated rings. The van der Waals surface area contributed by atoms with E-state index in [0.29, 0.717) is 6.42 Å². The van der Waals surface area contributed by atoms with Gasteiger partial charge in [0.15, 0.2) is 0 Å². The van der Waals surface area contributed by atoms with E-state index in [2.05, 4.69) is 0 Å². The van der Waals surface area contributed by atoms with Crippen molar-refractivity contribution in [1.82, 2.24) is 10.2 Å². The van der Waals surface area contributed by atoms with E-state index in [0.717, 1.165) is 10.5 Å². The number of halogens is 3. The van der Waals surface area contributed by atoms with Gasteiger partial charge in [0.25, 0.3) is 0 Å². The van der Waals surface area contributed by atoms with Crippen LogP contribution in [0.1, 0.15) is 30.9 Å². The lowest BCUT2D eigenvalue weighted by atomic mass is 9.89. The fourth-order valence-corrected chi connectivity index (χ4v) is 3.96. The molecule has 0 spiro atoms. The molecule has 1 saturated heterocycles. The molecule has 1 unspecified atom stereocenters. The number of esters is 1. The molecule has 0 bridgehead atoms. The Bertz CT molecular complexity index is 1020. The minimum atomic E-state index is -5.16. The second kappa shape index (κ2) is 11.2. The maximum atomic E-state index is 14.4. The summed E-state index contributed by atoms with van der Waals surface area (Å²) in [7, 11) is 0. The molecule has 1 heterocycles. The lowest BCUT2D eigenvalue weighted by molar-refractivity contribution is -0.214. The molecule has 0 saturated carbocycles. The lowest BCUT2D eigenvalue weighted by Gasteiger charge is -2.36. The van der Waals surface area contributed by atoms with Gasteiger partial charge in [-0.2, -0.15) is 13.2 Å². The Morgan fingerprint density at radius 3 is 2.14 bits per heavy atom. The van der Waals surface area contributed by atoms with Gasteiger partial charge >= 0.3 is 18.2 Å². The number of benzene rings is 2. The van der Waals surface area contributed by atoms with E-state index in [4.69, 9.17) is 9.47 Å². The number of ether oxygens (including phenoxy) is 2. The van der Waals surface area contributed by atoms with E-state index in [1.54, 1.807) is 36.4 Å². The van der Waals surface area contributed by atoms with Gasteiger partial charge in [0, 0.05) is 13.0 Å². The molecular weight excluding hydrogens is 465 g/mol. The number of carbonyl (C=O) groups excluding carboxylic acids is 3. The van der Waals surface area contributed by atoms with E-state index >= 15 is 0 Å². The molecular formula is C25H27F3N2O5. The summed E-state index contributed by atoms with van der Waals surface area (Å²) in [5, 5.41) is 1.92. The topological polar surface area (TPSA) is 84.9 Å². The third kappa shape index (κ3) is 6.12. The summed E-state index contributed by atoms with van der Waals surface area (Å²) in [6.07, 6.45) is -6.30. The predicted molar refractivity (Wildman–Crippen MR) is 120 cm³/mol. The second-order valence-electron chi connectivity index (χ2n) is 8.17. The van der Waals surface area contributed by atoms with Crippen molar-refractivity contribution in [2.75, 3.05) is 13.2 Å². The number of amides is 2. The number of hydrogen-bond acceptors (Lipinski definition) is 5. The highest BCUT2D eigenvalue weighted by Gasteiger charge is 2.63. The zero-order valence-electron chi connectivity index (χ0n) is 19.2. The van der Waals surface area contributed by atoms with E-state index in [1.165, 1.54) is 31.2 Å². The lowest BCUT2D eigenvalue weighted by Crippen LogP contribution is -2.68. The zero-order chi connectivity index (χ0) is 25.5. The number of carbonyl (C=O) groups is 3. The average Bonchev–Trinajstić information content (AvgIpc) is 3.33. The fraction of sp³-hybridized carbons (Fsp3) is 0.400. The van der Waals surface area contributed by atoms with Crippen molar-refractivity contribution in [1.29, 1.82) is 0 Å². The predicted octanol–water partition coefficient (Wildman–Crippen LogP) is 4.01. The van der Waals surface area contributed by atoms with Crippen LogP contribution < -0.4 is 5.32 Å².